The molecule has 0 aromatic heterocycles. The fourth-order valence-corrected chi connectivity index (χ4v) is 3.73. The van der Waals surface area contributed by atoms with Gasteiger partial charge in [0, 0.05) is 24.3 Å². The Morgan fingerprint density at radius 1 is 1.12 bits per heavy atom. The predicted molar refractivity (Wildman–Crippen MR) is 99.4 cm³/mol. The number of halogens is 1. The van der Waals surface area contributed by atoms with Crippen molar-refractivity contribution in [2.75, 3.05) is 16.0 Å². The zero-order valence-electron chi connectivity index (χ0n) is 13.9. The molecule has 1 N–H and O–H groups in total. The van der Waals surface area contributed by atoms with E-state index in [0.717, 1.165) is 0 Å². The second kappa shape index (κ2) is 8.14. The number of para-hydroxylation sites is 1. The summed E-state index contributed by atoms with van der Waals surface area (Å²) in [7, 11) is 0. The maximum atomic E-state index is 12.8. The molecule has 134 valence electrons. The second-order valence-corrected chi connectivity index (χ2v) is 7.08. The van der Waals surface area contributed by atoms with E-state index in [1.54, 1.807) is 24.3 Å². The van der Waals surface area contributed by atoms with Crippen molar-refractivity contribution in [2.45, 2.75) is 18.1 Å². The Hall–Kier alpha value is -2.67. The third-order valence-corrected chi connectivity index (χ3v) is 5.11. The van der Waals surface area contributed by atoms with Crippen LogP contribution in [-0.2, 0) is 14.4 Å². The van der Waals surface area contributed by atoms with Crippen LogP contribution in [-0.4, -0.2) is 28.7 Å². The summed E-state index contributed by atoms with van der Waals surface area (Å²) >= 11 is 1.30. The summed E-state index contributed by atoms with van der Waals surface area (Å²) in [5.74, 6) is -0.648. The highest BCUT2D eigenvalue weighted by molar-refractivity contribution is 8.00. The van der Waals surface area contributed by atoms with Crippen LogP contribution in [0.25, 0.3) is 0 Å². The number of hydrogen-bond acceptors (Lipinski definition) is 4. The molecule has 0 radical (unpaired) electrons. The summed E-state index contributed by atoms with van der Waals surface area (Å²) in [4.78, 5) is 37.7. The van der Waals surface area contributed by atoms with Crippen LogP contribution in [0.1, 0.15) is 12.8 Å². The van der Waals surface area contributed by atoms with E-state index in [9.17, 15) is 18.8 Å². The first-order chi connectivity index (χ1) is 12.5. The number of carbonyl (C=O) groups is 3. The van der Waals surface area contributed by atoms with Crippen molar-refractivity contribution < 1.29 is 18.8 Å². The van der Waals surface area contributed by atoms with E-state index in [1.165, 1.54) is 40.9 Å². The van der Waals surface area contributed by atoms with Gasteiger partial charge in [0.25, 0.3) is 0 Å². The van der Waals surface area contributed by atoms with Gasteiger partial charge in [0.05, 0.1) is 10.9 Å². The smallest absolute Gasteiger partial charge is 0.247 e. The maximum absolute atomic E-state index is 12.8. The average Bonchev–Trinajstić information content (AvgIpc) is 2.91. The SMILES string of the molecule is O=C(CCS[C@@H]1CC(=O)N(c2ccccc2)C1=O)Nc1ccc(F)cc1. The van der Waals surface area contributed by atoms with Crippen molar-refractivity contribution in [3.8, 4) is 0 Å². The average molecular weight is 372 g/mol. The van der Waals surface area contributed by atoms with E-state index in [2.05, 4.69) is 5.32 Å². The Morgan fingerprint density at radius 2 is 1.81 bits per heavy atom. The Balaban J connectivity index is 1.49. The van der Waals surface area contributed by atoms with E-state index >= 15 is 0 Å². The highest BCUT2D eigenvalue weighted by Gasteiger charge is 2.39. The zero-order valence-corrected chi connectivity index (χ0v) is 14.7. The minimum Gasteiger partial charge on any atom is -0.326 e. The third-order valence-electron chi connectivity index (χ3n) is 3.90. The molecule has 1 heterocycles. The topological polar surface area (TPSA) is 66.5 Å². The van der Waals surface area contributed by atoms with Crippen LogP contribution in [0.5, 0.6) is 0 Å². The van der Waals surface area contributed by atoms with Gasteiger partial charge in [-0.2, -0.15) is 0 Å². The molecule has 1 saturated heterocycles. The monoisotopic (exact) mass is 372 g/mol. The molecule has 1 aliphatic rings. The highest BCUT2D eigenvalue weighted by Crippen LogP contribution is 2.29. The molecule has 0 unspecified atom stereocenters. The number of nitrogens with one attached hydrogen (secondary N) is 1. The number of amides is 3. The molecule has 0 aliphatic carbocycles. The number of benzene rings is 2. The van der Waals surface area contributed by atoms with Gasteiger partial charge in [-0.15, -0.1) is 11.8 Å². The Kier molecular flexibility index (Phi) is 5.68. The lowest BCUT2D eigenvalue weighted by atomic mass is 10.3. The number of thioether (sulfide) groups is 1. The molecule has 1 fully saturated rings. The number of hydrogen-bond donors (Lipinski definition) is 1. The summed E-state index contributed by atoms with van der Waals surface area (Å²) < 4.78 is 12.8. The Morgan fingerprint density at radius 3 is 2.50 bits per heavy atom. The molecular weight excluding hydrogens is 355 g/mol. The molecule has 7 heteroatoms. The third kappa shape index (κ3) is 4.29. The molecule has 2 aromatic carbocycles. The number of imide groups is 1. The van der Waals surface area contributed by atoms with Crippen LogP contribution in [0.4, 0.5) is 15.8 Å². The Labute approximate surface area is 154 Å². The normalized spacial score (nSPS) is 16.8. The molecule has 0 saturated carbocycles. The lowest BCUT2D eigenvalue weighted by Gasteiger charge is -2.14. The molecule has 3 rings (SSSR count). The number of nitrogens with zero attached hydrogens (tertiary/aromatic N) is 1. The predicted octanol–water partition coefficient (Wildman–Crippen LogP) is 3.22. The van der Waals surface area contributed by atoms with Crippen molar-refractivity contribution in [3.63, 3.8) is 0 Å². The largest absolute Gasteiger partial charge is 0.326 e. The first-order valence-electron chi connectivity index (χ1n) is 8.13. The van der Waals surface area contributed by atoms with Crippen LogP contribution in [0.3, 0.4) is 0 Å². The van der Waals surface area contributed by atoms with Gasteiger partial charge in [0.2, 0.25) is 17.7 Å². The second-order valence-electron chi connectivity index (χ2n) is 5.77. The van der Waals surface area contributed by atoms with Gasteiger partial charge in [-0.3, -0.25) is 14.4 Å². The number of carbonyl (C=O) groups excluding carboxylic acids is 3. The standard InChI is InChI=1S/C19H17FN2O3S/c20-13-6-8-14(9-7-13)21-17(23)10-11-26-16-12-18(24)22(19(16)25)15-4-2-1-3-5-15/h1-9,16H,10-12H2,(H,21,23)/t16-/m1/s1. The first kappa shape index (κ1) is 18.1. The van der Waals surface area contributed by atoms with Gasteiger partial charge < -0.3 is 5.32 Å². The molecular formula is C19H17FN2O3S. The van der Waals surface area contributed by atoms with E-state index < -0.39 is 5.25 Å². The minimum atomic E-state index is -0.471. The minimum absolute atomic E-state index is 0.137. The highest BCUT2D eigenvalue weighted by atomic mass is 32.2. The summed E-state index contributed by atoms with van der Waals surface area (Å²) in [6.45, 7) is 0. The van der Waals surface area contributed by atoms with Crippen molar-refractivity contribution in [3.05, 3.63) is 60.4 Å². The van der Waals surface area contributed by atoms with E-state index in [1.807, 2.05) is 6.07 Å². The van der Waals surface area contributed by atoms with Gasteiger partial charge in [-0.05, 0) is 36.4 Å². The van der Waals surface area contributed by atoms with Gasteiger partial charge in [-0.25, -0.2) is 9.29 Å². The molecule has 0 spiro atoms. The summed E-state index contributed by atoms with van der Waals surface area (Å²) in [5.41, 5.74) is 1.09. The zero-order chi connectivity index (χ0) is 18.5. The van der Waals surface area contributed by atoms with Crippen molar-refractivity contribution in [1.82, 2.24) is 0 Å². The van der Waals surface area contributed by atoms with E-state index in [4.69, 9.17) is 0 Å². The van der Waals surface area contributed by atoms with Crippen LogP contribution >= 0.6 is 11.8 Å². The summed E-state index contributed by atoms with van der Waals surface area (Å²) in [5, 5.41) is 2.20. The van der Waals surface area contributed by atoms with E-state index in [-0.39, 0.29) is 36.4 Å². The van der Waals surface area contributed by atoms with Gasteiger partial charge in [0.15, 0.2) is 0 Å². The Bertz CT molecular complexity index is 811. The molecule has 1 atom stereocenters. The molecule has 0 bridgehead atoms. The maximum Gasteiger partial charge on any atom is 0.247 e. The summed E-state index contributed by atoms with van der Waals surface area (Å²) in [6.07, 6.45) is 0.337. The molecule has 2 aromatic rings. The quantitative estimate of drug-likeness (QED) is 0.791. The molecule has 26 heavy (non-hydrogen) atoms. The fourth-order valence-electron chi connectivity index (χ4n) is 2.63. The van der Waals surface area contributed by atoms with Gasteiger partial charge >= 0.3 is 0 Å². The van der Waals surface area contributed by atoms with Crippen LogP contribution in [0.15, 0.2) is 54.6 Å². The van der Waals surface area contributed by atoms with Gasteiger partial charge in [-0.1, -0.05) is 18.2 Å². The van der Waals surface area contributed by atoms with Crippen molar-refractivity contribution in [2.24, 2.45) is 0 Å². The lowest BCUT2D eigenvalue weighted by Crippen LogP contribution is -2.31. The lowest BCUT2D eigenvalue weighted by molar-refractivity contribution is -0.121. The van der Waals surface area contributed by atoms with Gasteiger partial charge in [0.1, 0.15) is 5.82 Å². The van der Waals surface area contributed by atoms with Crippen molar-refractivity contribution in [1.29, 1.82) is 0 Å². The van der Waals surface area contributed by atoms with Crippen LogP contribution < -0.4 is 10.2 Å². The first-order valence-corrected chi connectivity index (χ1v) is 9.18. The van der Waals surface area contributed by atoms with Crippen LogP contribution in [0, 0.1) is 5.82 Å². The molecule has 3 amide bonds. The van der Waals surface area contributed by atoms with E-state index in [0.29, 0.717) is 17.1 Å². The summed E-state index contributed by atoms with van der Waals surface area (Å²) in [6, 6.07) is 14.3. The molecule has 1 aliphatic heterocycles. The fraction of sp³-hybridized carbons (Fsp3) is 0.211. The number of rotatable bonds is 6. The number of anilines is 2. The van der Waals surface area contributed by atoms with Crippen LogP contribution in [0.2, 0.25) is 0 Å². The van der Waals surface area contributed by atoms with Crippen molar-refractivity contribution >= 4 is 40.9 Å². The molecule has 5 nitrogen and oxygen atoms in total.